The van der Waals surface area contributed by atoms with Gasteiger partial charge >= 0.3 is 0 Å². The number of imide groups is 1. The number of carbonyl (C=O) groups is 4. The van der Waals surface area contributed by atoms with Crippen molar-refractivity contribution in [2.45, 2.75) is 69.9 Å². The summed E-state index contributed by atoms with van der Waals surface area (Å²) in [5.74, 6) is -3.17. The van der Waals surface area contributed by atoms with E-state index in [9.17, 15) is 23.6 Å². The Morgan fingerprint density at radius 1 is 1.04 bits per heavy atom. The van der Waals surface area contributed by atoms with Gasteiger partial charge in [-0.25, -0.2) is 9.29 Å². The largest absolute Gasteiger partial charge is 0.477 e. The highest BCUT2D eigenvalue weighted by Crippen LogP contribution is 2.61. The van der Waals surface area contributed by atoms with E-state index in [0.717, 1.165) is 4.90 Å². The molecule has 0 radical (unpaired) electrons. The number of halogens is 3. The molecular formula is C34H34Cl2FN3O5. The molecule has 0 aliphatic carbocycles. The number of amides is 4. The predicted molar refractivity (Wildman–Crippen MR) is 170 cm³/mol. The fourth-order valence-corrected chi connectivity index (χ4v) is 7.29. The van der Waals surface area contributed by atoms with E-state index in [1.165, 1.54) is 32.2 Å². The maximum atomic E-state index is 15.0. The maximum Gasteiger partial charge on any atom is 0.263 e. The topological polar surface area (TPSA) is 105 Å². The highest BCUT2D eigenvalue weighted by atomic mass is 35.5. The molecule has 0 bridgehead atoms. The molecule has 2 aliphatic heterocycles. The summed E-state index contributed by atoms with van der Waals surface area (Å²) in [7, 11) is 1.52. The quantitative estimate of drug-likeness (QED) is 0.311. The third-order valence-corrected chi connectivity index (χ3v) is 9.68. The van der Waals surface area contributed by atoms with Crippen LogP contribution in [0.4, 0.5) is 10.1 Å². The minimum absolute atomic E-state index is 0.202. The molecule has 0 saturated carbocycles. The summed E-state index contributed by atoms with van der Waals surface area (Å²) in [5.41, 5.74) is -0.840. The normalized spacial score (nSPS) is 21.0. The van der Waals surface area contributed by atoms with Gasteiger partial charge in [-0.2, -0.15) is 0 Å². The van der Waals surface area contributed by atoms with Crippen LogP contribution in [-0.4, -0.2) is 36.3 Å². The molecule has 8 nitrogen and oxygen atoms in total. The number of likely N-dealkylation sites (N-methyl/N-ethyl adjacent to an activating group) is 1. The average molecular weight is 655 g/mol. The Morgan fingerprint density at radius 3 is 2.36 bits per heavy atom. The van der Waals surface area contributed by atoms with Gasteiger partial charge in [-0.1, -0.05) is 49.2 Å². The molecule has 1 fully saturated rings. The van der Waals surface area contributed by atoms with Crippen molar-refractivity contribution in [3.05, 3.63) is 92.7 Å². The Balaban J connectivity index is 1.87. The van der Waals surface area contributed by atoms with Crippen LogP contribution in [-0.2, 0) is 24.6 Å². The Labute approximate surface area is 271 Å². The fourth-order valence-electron chi connectivity index (χ4n) is 6.94. The molecule has 0 unspecified atom stereocenters. The van der Waals surface area contributed by atoms with Crippen LogP contribution in [0.5, 0.6) is 5.75 Å². The molecule has 2 heterocycles. The molecule has 4 amide bonds. The van der Waals surface area contributed by atoms with Crippen LogP contribution in [0.15, 0.2) is 54.6 Å². The Hall–Kier alpha value is -3.95. The van der Waals surface area contributed by atoms with Gasteiger partial charge in [0.2, 0.25) is 17.7 Å². The number of hydrogen-bond acceptors (Lipinski definition) is 5. The van der Waals surface area contributed by atoms with E-state index in [2.05, 4.69) is 10.6 Å². The lowest BCUT2D eigenvalue weighted by Crippen LogP contribution is -2.59. The number of rotatable bonds is 7. The van der Waals surface area contributed by atoms with Gasteiger partial charge in [0.25, 0.3) is 5.91 Å². The highest BCUT2D eigenvalue weighted by Gasteiger charge is 2.64. The summed E-state index contributed by atoms with van der Waals surface area (Å²) in [4.78, 5) is 56.0. The van der Waals surface area contributed by atoms with Crippen LogP contribution in [0.25, 0.3) is 0 Å². The number of aryl methyl sites for hydroxylation is 1. The third-order valence-electron chi connectivity index (χ3n) is 9.21. The van der Waals surface area contributed by atoms with E-state index >= 15 is 0 Å². The highest BCUT2D eigenvalue weighted by molar-refractivity contribution is 6.32. The van der Waals surface area contributed by atoms with Crippen LogP contribution < -0.4 is 20.3 Å². The number of ether oxygens (including phenoxy) is 1. The van der Waals surface area contributed by atoms with Crippen molar-refractivity contribution in [2.75, 3.05) is 11.9 Å². The zero-order chi connectivity index (χ0) is 32.8. The number of anilines is 1. The summed E-state index contributed by atoms with van der Waals surface area (Å²) in [5, 5.41) is 6.26. The van der Waals surface area contributed by atoms with Gasteiger partial charge in [0.05, 0.1) is 11.7 Å². The van der Waals surface area contributed by atoms with Crippen molar-refractivity contribution >= 4 is 52.5 Å². The monoisotopic (exact) mass is 653 g/mol. The standard InChI is InChI=1S/C34H34Cl2FN3O5/c1-6-33(7-2,31(43)38-5)45-28-13-10-20(35)14-24(28)26-17-29(42)39-30(23-16-22(37)11-8-18(23)3)34(26)25-12-9-21(36)15-27(25)40(19(4)41)32(34)44/h8-16,26,30H,6-7,17H2,1-5H3,(H,38,43)(H,39,42)/t26-,30+,34-/m1/s1. The van der Waals surface area contributed by atoms with E-state index in [1.54, 1.807) is 43.3 Å². The molecule has 1 saturated heterocycles. The molecule has 45 heavy (non-hydrogen) atoms. The van der Waals surface area contributed by atoms with Crippen molar-refractivity contribution in [3.8, 4) is 5.75 Å². The van der Waals surface area contributed by atoms with E-state index in [4.69, 9.17) is 27.9 Å². The van der Waals surface area contributed by atoms with E-state index < -0.39 is 46.5 Å². The first-order chi connectivity index (χ1) is 21.3. The first-order valence-electron chi connectivity index (χ1n) is 14.8. The Kier molecular flexibility index (Phi) is 8.72. The van der Waals surface area contributed by atoms with E-state index in [1.807, 2.05) is 13.8 Å². The molecular weight excluding hydrogens is 620 g/mol. The summed E-state index contributed by atoms with van der Waals surface area (Å²) < 4.78 is 21.4. The Morgan fingerprint density at radius 2 is 1.71 bits per heavy atom. The molecule has 236 valence electrons. The van der Waals surface area contributed by atoms with Gasteiger partial charge in [-0.05, 0) is 78.9 Å². The van der Waals surface area contributed by atoms with Gasteiger partial charge in [-0.3, -0.25) is 19.2 Å². The van der Waals surface area contributed by atoms with Crippen molar-refractivity contribution in [1.82, 2.24) is 10.6 Å². The molecule has 11 heteroatoms. The maximum absolute atomic E-state index is 15.0. The smallest absolute Gasteiger partial charge is 0.263 e. The van der Waals surface area contributed by atoms with E-state index in [-0.39, 0.29) is 23.8 Å². The number of piperidine rings is 1. The lowest BCUT2D eigenvalue weighted by Gasteiger charge is -2.47. The number of carbonyl (C=O) groups excluding carboxylic acids is 4. The number of hydrogen-bond donors (Lipinski definition) is 2. The molecule has 2 aliphatic rings. The molecule has 0 aromatic heterocycles. The third kappa shape index (κ3) is 5.16. The number of nitrogens with zero attached hydrogens (tertiary/aromatic N) is 1. The number of fused-ring (bicyclic) bond motifs is 2. The van der Waals surface area contributed by atoms with Gasteiger partial charge in [-0.15, -0.1) is 0 Å². The molecule has 5 rings (SSSR count). The van der Waals surface area contributed by atoms with Crippen molar-refractivity contribution in [1.29, 1.82) is 0 Å². The second kappa shape index (κ2) is 12.1. The fraction of sp³-hybridized carbons (Fsp3) is 0.353. The minimum Gasteiger partial charge on any atom is -0.477 e. The predicted octanol–water partition coefficient (Wildman–Crippen LogP) is 6.30. The lowest BCUT2D eigenvalue weighted by atomic mass is 9.58. The first kappa shape index (κ1) is 32.4. The van der Waals surface area contributed by atoms with Crippen LogP contribution in [0.3, 0.4) is 0 Å². The summed E-state index contributed by atoms with van der Waals surface area (Å²) >= 11 is 13.0. The average Bonchev–Trinajstić information content (AvgIpc) is 3.26. The summed E-state index contributed by atoms with van der Waals surface area (Å²) in [6.45, 7) is 6.70. The SMILES string of the molecule is CCC(CC)(Oc1ccc(Cl)cc1[C@H]1CC(=O)N[C@@H](c2cc(F)ccc2C)[C@]12C(=O)N(C(C)=O)c1cc(Cl)ccc12)C(=O)NC. The number of benzene rings is 3. The van der Waals surface area contributed by atoms with Gasteiger partial charge in [0.15, 0.2) is 5.60 Å². The molecule has 2 N–H and O–H groups in total. The second-order valence-corrected chi connectivity index (χ2v) is 12.4. The molecule has 3 aromatic rings. The van der Waals surface area contributed by atoms with Gasteiger partial charge < -0.3 is 15.4 Å². The van der Waals surface area contributed by atoms with Crippen LogP contribution >= 0.6 is 23.2 Å². The zero-order valence-corrected chi connectivity index (χ0v) is 27.1. The van der Waals surface area contributed by atoms with Crippen LogP contribution in [0.1, 0.15) is 74.2 Å². The molecule has 1 spiro atoms. The molecule has 3 atom stereocenters. The zero-order valence-electron chi connectivity index (χ0n) is 25.6. The summed E-state index contributed by atoms with van der Waals surface area (Å²) in [6, 6.07) is 12.7. The molecule has 3 aromatic carbocycles. The van der Waals surface area contributed by atoms with Crippen molar-refractivity contribution in [3.63, 3.8) is 0 Å². The van der Waals surface area contributed by atoms with Crippen molar-refractivity contribution < 1.29 is 28.3 Å². The van der Waals surface area contributed by atoms with Gasteiger partial charge in [0.1, 0.15) is 17.0 Å². The minimum atomic E-state index is -1.67. The first-order valence-corrected chi connectivity index (χ1v) is 15.5. The number of nitrogens with one attached hydrogen (secondary N) is 2. The van der Waals surface area contributed by atoms with Gasteiger partial charge in [0, 0.05) is 41.9 Å². The van der Waals surface area contributed by atoms with Crippen molar-refractivity contribution in [2.24, 2.45) is 0 Å². The van der Waals surface area contributed by atoms with Crippen LogP contribution in [0.2, 0.25) is 10.0 Å². The second-order valence-electron chi connectivity index (χ2n) is 11.5. The Bertz CT molecular complexity index is 1730. The summed E-state index contributed by atoms with van der Waals surface area (Å²) in [6.07, 6.45) is 0.447. The lowest BCUT2D eigenvalue weighted by molar-refractivity contribution is -0.138. The van der Waals surface area contributed by atoms with E-state index in [0.29, 0.717) is 45.1 Å². The van der Waals surface area contributed by atoms with Crippen LogP contribution in [0, 0.1) is 12.7 Å².